The number of hydrogen-bond acceptors (Lipinski definition) is 3. The maximum absolute atomic E-state index is 12.4. The van der Waals surface area contributed by atoms with E-state index in [4.69, 9.17) is 0 Å². The zero-order valence-corrected chi connectivity index (χ0v) is 19.2. The average molecular weight is 401 g/mol. The van der Waals surface area contributed by atoms with Crippen LogP contribution in [-0.4, -0.2) is 59.3 Å². The molecule has 5 heteroatoms. The topological polar surface area (TPSA) is 40.6 Å². The van der Waals surface area contributed by atoms with Crippen molar-refractivity contribution in [2.45, 2.75) is 91.9 Å². The Labute approximate surface area is 172 Å². The molecule has 4 nitrogen and oxygen atoms in total. The number of carbonyl (C=O) groups is 2. The predicted octanol–water partition coefficient (Wildman–Crippen LogP) is 5.36. The minimum Gasteiger partial charge on any atom is -0.343 e. The van der Waals surface area contributed by atoms with Crippen molar-refractivity contribution in [2.24, 2.45) is 0 Å². The van der Waals surface area contributed by atoms with Gasteiger partial charge in [-0.15, -0.1) is 0 Å². The van der Waals surface area contributed by atoms with E-state index in [0.717, 1.165) is 89.1 Å². The highest BCUT2D eigenvalue weighted by Gasteiger charge is 2.14. The highest BCUT2D eigenvalue weighted by atomic mass is 32.2. The lowest BCUT2D eigenvalue weighted by atomic mass is 10.2. The Morgan fingerprint density at radius 3 is 1.15 bits per heavy atom. The predicted molar refractivity (Wildman–Crippen MR) is 119 cm³/mol. The molecule has 0 aromatic rings. The first-order valence-corrected chi connectivity index (χ1v) is 12.4. The summed E-state index contributed by atoms with van der Waals surface area (Å²) in [7, 11) is 0. The molecule has 0 atom stereocenters. The second-order valence-corrected chi connectivity index (χ2v) is 8.51. The van der Waals surface area contributed by atoms with E-state index in [-0.39, 0.29) is 11.8 Å². The third-order valence-electron chi connectivity index (χ3n) is 4.75. The molecule has 0 radical (unpaired) electrons. The van der Waals surface area contributed by atoms with E-state index in [1.165, 1.54) is 0 Å². The van der Waals surface area contributed by atoms with Crippen LogP contribution in [0.2, 0.25) is 0 Å². The van der Waals surface area contributed by atoms with Gasteiger partial charge in [0.25, 0.3) is 0 Å². The smallest absolute Gasteiger partial charge is 0.223 e. The average Bonchev–Trinajstić information content (AvgIpc) is 2.67. The molecule has 0 bridgehead atoms. The molecule has 0 aliphatic carbocycles. The van der Waals surface area contributed by atoms with Crippen LogP contribution in [0.4, 0.5) is 0 Å². The second-order valence-electron chi connectivity index (χ2n) is 7.29. The van der Waals surface area contributed by atoms with Crippen molar-refractivity contribution in [2.75, 3.05) is 37.7 Å². The largest absolute Gasteiger partial charge is 0.343 e. The molecule has 0 aromatic carbocycles. The minimum atomic E-state index is 0.281. The molecule has 0 saturated heterocycles. The molecule has 0 aliphatic rings. The Kier molecular flexibility index (Phi) is 18.2. The highest BCUT2D eigenvalue weighted by Crippen LogP contribution is 2.10. The number of hydrogen-bond donors (Lipinski definition) is 0. The summed E-state index contributed by atoms with van der Waals surface area (Å²) in [6, 6.07) is 0. The van der Waals surface area contributed by atoms with Gasteiger partial charge in [-0.1, -0.05) is 53.4 Å². The van der Waals surface area contributed by atoms with Gasteiger partial charge in [0.15, 0.2) is 0 Å². The van der Waals surface area contributed by atoms with Crippen LogP contribution in [0.5, 0.6) is 0 Å². The van der Waals surface area contributed by atoms with Gasteiger partial charge in [-0.25, -0.2) is 0 Å². The number of carbonyl (C=O) groups excluding carboxylic acids is 2. The van der Waals surface area contributed by atoms with Crippen molar-refractivity contribution in [1.82, 2.24) is 9.80 Å². The Morgan fingerprint density at radius 1 is 0.593 bits per heavy atom. The molecule has 0 fully saturated rings. The molecule has 0 rings (SSSR count). The fourth-order valence-corrected chi connectivity index (χ4v) is 3.70. The van der Waals surface area contributed by atoms with Gasteiger partial charge in [0.2, 0.25) is 11.8 Å². The van der Waals surface area contributed by atoms with Gasteiger partial charge in [-0.2, -0.15) is 11.8 Å². The molecular formula is C22H44N2O2S. The molecule has 2 amide bonds. The molecule has 27 heavy (non-hydrogen) atoms. The van der Waals surface area contributed by atoms with Crippen LogP contribution in [0.25, 0.3) is 0 Å². The molecule has 0 unspecified atom stereocenters. The van der Waals surface area contributed by atoms with Crippen molar-refractivity contribution in [1.29, 1.82) is 0 Å². The van der Waals surface area contributed by atoms with Crippen molar-refractivity contribution in [3.8, 4) is 0 Å². The lowest BCUT2D eigenvalue weighted by Crippen LogP contribution is -2.33. The van der Waals surface area contributed by atoms with E-state index in [1.54, 1.807) is 11.8 Å². The number of nitrogens with zero attached hydrogens (tertiary/aromatic N) is 2. The fraction of sp³-hybridized carbons (Fsp3) is 0.909. The summed E-state index contributed by atoms with van der Waals surface area (Å²) < 4.78 is 0. The van der Waals surface area contributed by atoms with Crippen LogP contribution in [0.15, 0.2) is 0 Å². The quantitative estimate of drug-likeness (QED) is 0.291. The Balaban J connectivity index is 4.10. The van der Waals surface area contributed by atoms with Crippen molar-refractivity contribution in [3.05, 3.63) is 0 Å². The summed E-state index contributed by atoms with van der Waals surface area (Å²) in [6.45, 7) is 12.2. The van der Waals surface area contributed by atoms with Gasteiger partial charge >= 0.3 is 0 Å². The molecule has 0 heterocycles. The SMILES string of the molecule is CCCCN(CCCC)C(=O)CCSCCC(=O)N(CCCC)CCCC. The van der Waals surface area contributed by atoms with Crippen molar-refractivity contribution < 1.29 is 9.59 Å². The van der Waals surface area contributed by atoms with E-state index in [0.29, 0.717) is 12.8 Å². The summed E-state index contributed by atoms with van der Waals surface area (Å²) >= 11 is 1.75. The first-order valence-electron chi connectivity index (χ1n) is 11.2. The lowest BCUT2D eigenvalue weighted by Gasteiger charge is -2.23. The fourth-order valence-electron chi connectivity index (χ4n) is 2.86. The molecule has 0 aromatic heterocycles. The zero-order valence-electron chi connectivity index (χ0n) is 18.4. The van der Waals surface area contributed by atoms with E-state index in [9.17, 15) is 9.59 Å². The van der Waals surface area contributed by atoms with E-state index in [1.807, 2.05) is 9.80 Å². The number of thioether (sulfide) groups is 1. The van der Waals surface area contributed by atoms with Gasteiger partial charge in [0.1, 0.15) is 0 Å². The summed E-state index contributed by atoms with van der Waals surface area (Å²) in [5.74, 6) is 2.21. The Hall–Kier alpha value is -0.710. The van der Waals surface area contributed by atoms with Gasteiger partial charge in [0, 0.05) is 50.5 Å². The zero-order chi connectivity index (χ0) is 20.3. The molecule has 160 valence electrons. The molecule has 0 saturated carbocycles. The minimum absolute atomic E-state index is 0.281. The highest BCUT2D eigenvalue weighted by molar-refractivity contribution is 7.99. The monoisotopic (exact) mass is 400 g/mol. The van der Waals surface area contributed by atoms with Crippen LogP contribution in [-0.2, 0) is 9.59 Å². The second kappa shape index (κ2) is 18.6. The summed E-state index contributed by atoms with van der Waals surface area (Å²) in [5, 5.41) is 0. The van der Waals surface area contributed by atoms with Gasteiger partial charge in [-0.05, 0) is 25.7 Å². The number of unbranched alkanes of at least 4 members (excludes halogenated alkanes) is 4. The Bertz CT molecular complexity index is 327. The third-order valence-corrected chi connectivity index (χ3v) is 5.74. The van der Waals surface area contributed by atoms with Crippen LogP contribution in [0.3, 0.4) is 0 Å². The van der Waals surface area contributed by atoms with Gasteiger partial charge < -0.3 is 9.80 Å². The number of amides is 2. The molecule has 0 spiro atoms. The van der Waals surface area contributed by atoms with Crippen LogP contribution >= 0.6 is 11.8 Å². The first kappa shape index (κ1) is 26.3. The van der Waals surface area contributed by atoms with E-state index >= 15 is 0 Å². The van der Waals surface area contributed by atoms with Gasteiger partial charge in [-0.3, -0.25) is 9.59 Å². The van der Waals surface area contributed by atoms with Crippen molar-refractivity contribution >= 4 is 23.6 Å². The van der Waals surface area contributed by atoms with Crippen LogP contribution < -0.4 is 0 Å². The normalized spacial score (nSPS) is 10.8. The maximum atomic E-state index is 12.4. The van der Waals surface area contributed by atoms with Gasteiger partial charge in [0.05, 0.1) is 0 Å². The van der Waals surface area contributed by atoms with E-state index in [2.05, 4.69) is 27.7 Å². The number of rotatable bonds is 18. The molecule has 0 N–H and O–H groups in total. The van der Waals surface area contributed by atoms with E-state index < -0.39 is 0 Å². The Morgan fingerprint density at radius 2 is 0.889 bits per heavy atom. The maximum Gasteiger partial charge on any atom is 0.223 e. The summed E-state index contributed by atoms with van der Waals surface area (Å²) in [5.41, 5.74) is 0. The summed E-state index contributed by atoms with van der Waals surface area (Å²) in [4.78, 5) is 28.9. The standard InChI is InChI=1S/C22H44N2O2S/c1-5-9-15-23(16-10-6-2)21(25)13-19-27-20-14-22(26)24(17-11-7-3)18-12-8-4/h5-20H2,1-4H3. The first-order chi connectivity index (χ1) is 13.1. The molecule has 0 aliphatic heterocycles. The van der Waals surface area contributed by atoms with Crippen molar-refractivity contribution in [3.63, 3.8) is 0 Å². The molecular weight excluding hydrogens is 356 g/mol. The van der Waals surface area contributed by atoms with Crippen LogP contribution in [0.1, 0.15) is 91.9 Å². The van der Waals surface area contributed by atoms with Crippen LogP contribution in [0, 0.1) is 0 Å². The lowest BCUT2D eigenvalue weighted by molar-refractivity contribution is -0.131. The summed E-state index contributed by atoms with van der Waals surface area (Å²) in [6.07, 6.45) is 10.0. The third kappa shape index (κ3) is 14.0.